The monoisotopic (exact) mass is 259 g/mol. The third-order valence-electron chi connectivity index (χ3n) is 4.32. The Balaban J connectivity index is 1.94. The van der Waals surface area contributed by atoms with E-state index in [4.69, 9.17) is 4.74 Å². The van der Waals surface area contributed by atoms with Gasteiger partial charge >= 0.3 is 0 Å². The van der Waals surface area contributed by atoms with Gasteiger partial charge < -0.3 is 9.64 Å². The lowest BCUT2D eigenvalue weighted by atomic mass is 10.0. The zero-order valence-electron chi connectivity index (χ0n) is 11.5. The molecule has 19 heavy (non-hydrogen) atoms. The maximum absolute atomic E-state index is 12.1. The number of carbonyl (C=O) groups is 1. The van der Waals surface area contributed by atoms with Crippen LogP contribution in [0.2, 0.25) is 0 Å². The van der Waals surface area contributed by atoms with Crippen molar-refractivity contribution < 1.29 is 9.53 Å². The number of hydrogen-bond acceptors (Lipinski definition) is 3. The molecule has 0 amide bonds. The first-order chi connectivity index (χ1) is 9.31. The lowest BCUT2D eigenvalue weighted by Crippen LogP contribution is -2.49. The fourth-order valence-electron chi connectivity index (χ4n) is 3.38. The van der Waals surface area contributed by atoms with Crippen LogP contribution in [0.15, 0.2) is 24.3 Å². The van der Waals surface area contributed by atoms with E-state index in [1.54, 1.807) is 0 Å². The van der Waals surface area contributed by atoms with E-state index < -0.39 is 0 Å². The van der Waals surface area contributed by atoms with Crippen LogP contribution in [0.3, 0.4) is 0 Å². The Morgan fingerprint density at radius 2 is 2.21 bits per heavy atom. The van der Waals surface area contributed by atoms with Crippen LogP contribution in [-0.4, -0.2) is 31.1 Å². The van der Waals surface area contributed by atoms with Crippen molar-refractivity contribution in [2.45, 2.75) is 44.8 Å². The highest BCUT2D eigenvalue weighted by molar-refractivity contribution is 6.01. The van der Waals surface area contributed by atoms with E-state index in [9.17, 15) is 4.79 Å². The molecular formula is C16H21NO2. The number of morpholine rings is 1. The Hall–Kier alpha value is -1.35. The molecule has 1 saturated carbocycles. The van der Waals surface area contributed by atoms with Crippen LogP contribution in [0.4, 0.5) is 5.69 Å². The van der Waals surface area contributed by atoms with Gasteiger partial charge in [-0.1, -0.05) is 19.1 Å². The summed E-state index contributed by atoms with van der Waals surface area (Å²) < 4.78 is 5.85. The predicted octanol–water partition coefficient (Wildman–Crippen LogP) is 3.04. The van der Waals surface area contributed by atoms with E-state index in [1.165, 1.54) is 12.8 Å². The molecule has 0 aromatic heterocycles. The number of benzene rings is 1. The maximum Gasteiger partial charge on any atom is 0.164 e. The van der Waals surface area contributed by atoms with Gasteiger partial charge in [0.2, 0.25) is 0 Å². The summed E-state index contributed by atoms with van der Waals surface area (Å²) in [6, 6.07) is 8.49. The fraction of sp³-hybridized carbons (Fsp3) is 0.562. The van der Waals surface area contributed by atoms with E-state index in [2.05, 4.69) is 11.0 Å². The molecule has 1 aromatic rings. The van der Waals surface area contributed by atoms with Crippen molar-refractivity contribution in [3.05, 3.63) is 29.8 Å². The van der Waals surface area contributed by atoms with Crippen LogP contribution in [0.1, 0.15) is 43.0 Å². The number of nitrogens with zero attached hydrogens (tertiary/aromatic N) is 1. The number of fused-ring (bicyclic) bond motifs is 1. The van der Waals surface area contributed by atoms with Crippen molar-refractivity contribution in [3.63, 3.8) is 0 Å². The van der Waals surface area contributed by atoms with Crippen LogP contribution >= 0.6 is 0 Å². The number of Topliss-reactive ketones (excluding diaryl/α,β-unsaturated/α-hetero) is 1. The summed E-state index contributed by atoms with van der Waals surface area (Å²) in [6.07, 6.45) is 4.49. The molecule has 0 spiro atoms. The molecule has 3 heteroatoms. The lowest BCUT2D eigenvalue weighted by Gasteiger charge is -2.40. The molecule has 0 bridgehead atoms. The van der Waals surface area contributed by atoms with Crippen LogP contribution in [0.5, 0.6) is 0 Å². The molecule has 102 valence electrons. The topological polar surface area (TPSA) is 29.5 Å². The zero-order valence-corrected chi connectivity index (χ0v) is 11.5. The molecule has 1 saturated heterocycles. The highest BCUT2D eigenvalue weighted by atomic mass is 16.5. The molecule has 2 unspecified atom stereocenters. The Labute approximate surface area is 114 Å². The van der Waals surface area contributed by atoms with Crippen molar-refractivity contribution in [2.75, 3.05) is 18.1 Å². The van der Waals surface area contributed by atoms with Crippen molar-refractivity contribution in [3.8, 4) is 0 Å². The number of anilines is 1. The molecule has 0 radical (unpaired) electrons. The molecule has 2 atom stereocenters. The first-order valence-corrected chi connectivity index (χ1v) is 7.31. The van der Waals surface area contributed by atoms with Gasteiger partial charge in [0.25, 0.3) is 0 Å². The molecule has 3 rings (SSSR count). The second-order valence-corrected chi connectivity index (χ2v) is 5.39. The number of carbonyl (C=O) groups excluding carboxylic acids is 1. The molecule has 1 aliphatic carbocycles. The average Bonchev–Trinajstić information content (AvgIpc) is 2.94. The molecule has 3 nitrogen and oxygen atoms in total. The quantitative estimate of drug-likeness (QED) is 0.781. The average molecular weight is 259 g/mol. The standard InChI is InChI=1S/C16H21NO2/c1-2-15(18)12-6-3-4-7-13(12)17-10-11-19-16-9-5-8-14(16)17/h3-4,6-7,14,16H,2,5,8-11H2,1H3. The Kier molecular flexibility index (Phi) is 3.56. The molecule has 0 N–H and O–H groups in total. The van der Waals surface area contributed by atoms with Crippen LogP contribution in [0, 0.1) is 0 Å². The summed E-state index contributed by atoms with van der Waals surface area (Å²) in [6.45, 7) is 3.60. The number of rotatable bonds is 3. The number of ketones is 1. The van der Waals surface area contributed by atoms with Crippen LogP contribution in [-0.2, 0) is 4.74 Å². The number of hydrogen-bond donors (Lipinski definition) is 0. The van der Waals surface area contributed by atoms with Crippen molar-refractivity contribution in [1.29, 1.82) is 0 Å². The minimum atomic E-state index is 0.233. The molecule has 1 heterocycles. The zero-order chi connectivity index (χ0) is 13.2. The highest BCUT2D eigenvalue weighted by Crippen LogP contribution is 2.34. The molecule has 2 fully saturated rings. The first kappa shape index (κ1) is 12.7. The van der Waals surface area contributed by atoms with Gasteiger partial charge in [-0.25, -0.2) is 0 Å². The first-order valence-electron chi connectivity index (χ1n) is 7.31. The highest BCUT2D eigenvalue weighted by Gasteiger charge is 2.37. The van der Waals surface area contributed by atoms with Gasteiger partial charge in [0.05, 0.1) is 18.8 Å². The van der Waals surface area contributed by atoms with Crippen molar-refractivity contribution in [2.24, 2.45) is 0 Å². The van der Waals surface area contributed by atoms with Gasteiger partial charge in [-0.2, -0.15) is 0 Å². The summed E-state index contributed by atoms with van der Waals surface area (Å²) in [5, 5.41) is 0. The fourth-order valence-corrected chi connectivity index (χ4v) is 3.38. The molecular weight excluding hydrogens is 238 g/mol. The van der Waals surface area contributed by atoms with Crippen molar-refractivity contribution >= 4 is 11.5 Å². The number of ether oxygens (including phenoxy) is 1. The Bertz CT molecular complexity index is 472. The second-order valence-electron chi connectivity index (χ2n) is 5.39. The van der Waals surface area contributed by atoms with Crippen LogP contribution in [0.25, 0.3) is 0 Å². The van der Waals surface area contributed by atoms with Gasteiger partial charge in [-0.05, 0) is 31.4 Å². The second kappa shape index (κ2) is 5.33. The van der Waals surface area contributed by atoms with E-state index in [0.717, 1.165) is 30.8 Å². The Morgan fingerprint density at radius 1 is 1.37 bits per heavy atom. The van der Waals surface area contributed by atoms with E-state index >= 15 is 0 Å². The van der Waals surface area contributed by atoms with E-state index in [1.807, 2.05) is 25.1 Å². The minimum Gasteiger partial charge on any atom is -0.374 e. The van der Waals surface area contributed by atoms with E-state index in [-0.39, 0.29) is 5.78 Å². The van der Waals surface area contributed by atoms with Crippen molar-refractivity contribution in [1.82, 2.24) is 0 Å². The van der Waals surface area contributed by atoms with Gasteiger partial charge in [-0.3, -0.25) is 4.79 Å². The summed E-state index contributed by atoms with van der Waals surface area (Å²) in [5.74, 6) is 0.233. The minimum absolute atomic E-state index is 0.233. The summed E-state index contributed by atoms with van der Waals surface area (Å²) in [4.78, 5) is 14.5. The smallest absolute Gasteiger partial charge is 0.164 e. The van der Waals surface area contributed by atoms with Gasteiger partial charge in [0, 0.05) is 24.2 Å². The SMILES string of the molecule is CCC(=O)c1ccccc1N1CCOC2CCCC21. The summed E-state index contributed by atoms with van der Waals surface area (Å²) in [7, 11) is 0. The summed E-state index contributed by atoms with van der Waals surface area (Å²) >= 11 is 0. The lowest BCUT2D eigenvalue weighted by molar-refractivity contribution is 0.0255. The third-order valence-corrected chi connectivity index (χ3v) is 4.32. The predicted molar refractivity (Wildman–Crippen MR) is 75.8 cm³/mol. The summed E-state index contributed by atoms with van der Waals surface area (Å²) in [5.41, 5.74) is 1.98. The normalized spacial score (nSPS) is 26.3. The number of para-hydroxylation sites is 1. The third kappa shape index (κ3) is 2.27. The maximum atomic E-state index is 12.1. The molecule has 1 aromatic carbocycles. The van der Waals surface area contributed by atoms with E-state index in [0.29, 0.717) is 18.6 Å². The molecule has 2 aliphatic rings. The van der Waals surface area contributed by atoms with Gasteiger partial charge in [0.1, 0.15) is 0 Å². The van der Waals surface area contributed by atoms with Gasteiger partial charge in [0.15, 0.2) is 5.78 Å². The van der Waals surface area contributed by atoms with Crippen LogP contribution < -0.4 is 4.90 Å². The molecule has 1 aliphatic heterocycles. The van der Waals surface area contributed by atoms with Gasteiger partial charge in [-0.15, -0.1) is 0 Å². The Morgan fingerprint density at radius 3 is 3.05 bits per heavy atom. The largest absolute Gasteiger partial charge is 0.374 e.